The lowest BCUT2D eigenvalue weighted by Crippen LogP contribution is -2.02. The standard InChI is InChI=1S/C14H15BrO2S/c1-3-17-12-7-5-4-6-10(12)14(16)13-8-11(15)9(2)18-13/h4-8,14,16H,3H2,1-2H3. The van der Waals surface area contributed by atoms with E-state index in [1.807, 2.05) is 44.2 Å². The van der Waals surface area contributed by atoms with E-state index in [9.17, 15) is 5.11 Å². The first kappa shape index (κ1) is 13.6. The second kappa shape index (κ2) is 5.87. The monoisotopic (exact) mass is 326 g/mol. The van der Waals surface area contributed by atoms with E-state index in [1.54, 1.807) is 11.3 Å². The van der Waals surface area contributed by atoms with Crippen LogP contribution >= 0.6 is 27.3 Å². The van der Waals surface area contributed by atoms with Crippen LogP contribution in [0.4, 0.5) is 0 Å². The zero-order valence-electron chi connectivity index (χ0n) is 10.3. The van der Waals surface area contributed by atoms with Crippen molar-refractivity contribution < 1.29 is 9.84 Å². The lowest BCUT2D eigenvalue weighted by atomic mass is 10.1. The summed E-state index contributed by atoms with van der Waals surface area (Å²) in [6, 6.07) is 9.58. The molecule has 0 saturated heterocycles. The Morgan fingerprint density at radius 1 is 1.39 bits per heavy atom. The second-order valence-electron chi connectivity index (χ2n) is 3.93. The highest BCUT2D eigenvalue weighted by atomic mass is 79.9. The van der Waals surface area contributed by atoms with Gasteiger partial charge in [0.15, 0.2) is 0 Å². The van der Waals surface area contributed by atoms with Crippen molar-refractivity contribution >= 4 is 27.3 Å². The summed E-state index contributed by atoms with van der Waals surface area (Å²) in [5, 5.41) is 10.4. The fourth-order valence-electron chi connectivity index (χ4n) is 1.76. The number of benzene rings is 1. The van der Waals surface area contributed by atoms with Gasteiger partial charge in [-0.3, -0.25) is 0 Å². The van der Waals surface area contributed by atoms with Crippen LogP contribution in [0.2, 0.25) is 0 Å². The lowest BCUT2D eigenvalue weighted by molar-refractivity contribution is 0.215. The Bertz CT molecular complexity index is 517. The predicted molar refractivity (Wildman–Crippen MR) is 78.4 cm³/mol. The van der Waals surface area contributed by atoms with Crippen LogP contribution in [-0.2, 0) is 0 Å². The number of hydrogen-bond donors (Lipinski definition) is 1. The van der Waals surface area contributed by atoms with Crippen LogP contribution in [-0.4, -0.2) is 11.7 Å². The Morgan fingerprint density at radius 3 is 2.72 bits per heavy atom. The molecule has 96 valence electrons. The highest BCUT2D eigenvalue weighted by molar-refractivity contribution is 9.10. The zero-order valence-corrected chi connectivity index (χ0v) is 12.7. The molecule has 18 heavy (non-hydrogen) atoms. The van der Waals surface area contributed by atoms with E-state index in [4.69, 9.17) is 4.74 Å². The molecule has 0 aliphatic heterocycles. The van der Waals surface area contributed by atoms with E-state index in [0.29, 0.717) is 6.61 Å². The first-order valence-electron chi connectivity index (χ1n) is 5.79. The Balaban J connectivity index is 2.36. The second-order valence-corrected chi connectivity index (χ2v) is 6.07. The molecule has 2 aromatic rings. The lowest BCUT2D eigenvalue weighted by Gasteiger charge is -2.14. The van der Waals surface area contributed by atoms with E-state index in [0.717, 1.165) is 25.5 Å². The Labute approximate surface area is 119 Å². The van der Waals surface area contributed by atoms with E-state index < -0.39 is 6.10 Å². The van der Waals surface area contributed by atoms with E-state index in [1.165, 1.54) is 0 Å². The van der Waals surface area contributed by atoms with Gasteiger partial charge in [0.1, 0.15) is 11.9 Å². The minimum absolute atomic E-state index is 0.594. The van der Waals surface area contributed by atoms with Crippen molar-refractivity contribution in [2.24, 2.45) is 0 Å². The Kier molecular flexibility index (Phi) is 4.43. The van der Waals surface area contributed by atoms with Gasteiger partial charge in [-0.15, -0.1) is 11.3 Å². The normalized spacial score (nSPS) is 12.4. The van der Waals surface area contributed by atoms with Crippen LogP contribution in [0.25, 0.3) is 0 Å². The van der Waals surface area contributed by atoms with Crippen molar-refractivity contribution in [1.82, 2.24) is 0 Å². The molecule has 1 unspecified atom stereocenters. The first-order chi connectivity index (χ1) is 8.63. The molecular formula is C14H15BrO2S. The molecule has 0 amide bonds. The largest absolute Gasteiger partial charge is 0.493 e. The van der Waals surface area contributed by atoms with Gasteiger partial charge < -0.3 is 9.84 Å². The van der Waals surface area contributed by atoms with Gasteiger partial charge in [0, 0.05) is 19.8 Å². The highest BCUT2D eigenvalue weighted by Gasteiger charge is 2.18. The summed E-state index contributed by atoms with van der Waals surface area (Å²) >= 11 is 5.07. The highest BCUT2D eigenvalue weighted by Crippen LogP contribution is 2.36. The summed E-state index contributed by atoms with van der Waals surface area (Å²) in [6.07, 6.45) is -0.636. The average molecular weight is 327 g/mol. The van der Waals surface area contributed by atoms with Crippen LogP contribution < -0.4 is 4.74 Å². The van der Waals surface area contributed by atoms with Gasteiger partial charge in [0.25, 0.3) is 0 Å². The van der Waals surface area contributed by atoms with Crippen molar-refractivity contribution in [3.63, 3.8) is 0 Å². The van der Waals surface area contributed by atoms with Gasteiger partial charge in [0.05, 0.1) is 6.61 Å². The van der Waals surface area contributed by atoms with Gasteiger partial charge in [-0.1, -0.05) is 18.2 Å². The first-order valence-corrected chi connectivity index (χ1v) is 7.40. The number of aliphatic hydroxyl groups excluding tert-OH is 1. The number of thiophene rings is 1. The van der Waals surface area contributed by atoms with Crippen molar-refractivity contribution in [3.8, 4) is 5.75 Å². The SMILES string of the molecule is CCOc1ccccc1C(O)c1cc(Br)c(C)s1. The molecule has 1 aromatic carbocycles. The fourth-order valence-corrected chi connectivity index (χ4v) is 3.33. The third-order valence-electron chi connectivity index (χ3n) is 2.66. The molecule has 1 heterocycles. The molecule has 0 bridgehead atoms. The Hall–Kier alpha value is -0.840. The topological polar surface area (TPSA) is 29.5 Å². The summed E-state index contributed by atoms with van der Waals surface area (Å²) in [5.41, 5.74) is 0.813. The molecule has 0 aliphatic carbocycles. The van der Waals surface area contributed by atoms with Gasteiger partial charge >= 0.3 is 0 Å². The summed E-state index contributed by atoms with van der Waals surface area (Å²) < 4.78 is 6.59. The third-order valence-corrected chi connectivity index (χ3v) is 4.85. The quantitative estimate of drug-likeness (QED) is 0.907. The number of para-hydroxylation sites is 1. The molecule has 1 N–H and O–H groups in total. The number of ether oxygens (including phenoxy) is 1. The molecule has 2 nitrogen and oxygen atoms in total. The van der Waals surface area contributed by atoms with Gasteiger partial charge in [-0.2, -0.15) is 0 Å². The van der Waals surface area contributed by atoms with E-state index in [2.05, 4.69) is 15.9 Å². The molecule has 4 heteroatoms. The number of rotatable bonds is 4. The molecule has 0 radical (unpaired) electrons. The van der Waals surface area contributed by atoms with Gasteiger partial charge in [-0.05, 0) is 41.9 Å². The summed E-state index contributed by atoms with van der Waals surface area (Å²) in [7, 11) is 0. The van der Waals surface area contributed by atoms with E-state index >= 15 is 0 Å². The maximum atomic E-state index is 10.4. The molecular weight excluding hydrogens is 312 g/mol. The van der Waals surface area contributed by atoms with Crippen LogP contribution in [0.1, 0.15) is 28.3 Å². The van der Waals surface area contributed by atoms with Gasteiger partial charge in [0.2, 0.25) is 0 Å². The fraction of sp³-hybridized carbons (Fsp3) is 0.286. The number of aliphatic hydroxyl groups is 1. The number of aryl methyl sites for hydroxylation is 1. The van der Waals surface area contributed by atoms with Crippen molar-refractivity contribution in [2.75, 3.05) is 6.61 Å². The molecule has 0 fully saturated rings. The summed E-state index contributed by atoms with van der Waals surface area (Å²) in [5.74, 6) is 0.745. The average Bonchev–Trinajstić information content (AvgIpc) is 2.70. The summed E-state index contributed by atoms with van der Waals surface area (Å²) in [6.45, 7) is 4.56. The van der Waals surface area contributed by atoms with Crippen LogP contribution in [0.15, 0.2) is 34.8 Å². The third kappa shape index (κ3) is 2.76. The maximum absolute atomic E-state index is 10.4. The molecule has 2 rings (SSSR count). The zero-order chi connectivity index (χ0) is 13.1. The molecule has 1 atom stereocenters. The molecule has 1 aromatic heterocycles. The molecule has 0 spiro atoms. The van der Waals surface area contributed by atoms with Crippen molar-refractivity contribution in [3.05, 3.63) is 50.1 Å². The minimum atomic E-state index is -0.636. The molecule has 0 saturated carbocycles. The van der Waals surface area contributed by atoms with Crippen LogP contribution in [0, 0.1) is 6.92 Å². The maximum Gasteiger partial charge on any atom is 0.125 e. The number of hydrogen-bond acceptors (Lipinski definition) is 3. The van der Waals surface area contributed by atoms with Crippen LogP contribution in [0.5, 0.6) is 5.75 Å². The van der Waals surface area contributed by atoms with Gasteiger partial charge in [-0.25, -0.2) is 0 Å². The van der Waals surface area contributed by atoms with Crippen LogP contribution in [0.3, 0.4) is 0 Å². The summed E-state index contributed by atoms with van der Waals surface area (Å²) in [4.78, 5) is 2.09. The predicted octanol–water partition coefficient (Wildman–Crippen LogP) is 4.30. The smallest absolute Gasteiger partial charge is 0.125 e. The minimum Gasteiger partial charge on any atom is -0.493 e. The van der Waals surface area contributed by atoms with Crippen molar-refractivity contribution in [1.29, 1.82) is 0 Å². The number of halogens is 1. The van der Waals surface area contributed by atoms with E-state index in [-0.39, 0.29) is 0 Å². The van der Waals surface area contributed by atoms with Crippen molar-refractivity contribution in [2.45, 2.75) is 20.0 Å². The Morgan fingerprint density at radius 2 is 2.11 bits per heavy atom. The molecule has 0 aliphatic rings.